The number of hydrogen-bond acceptors (Lipinski definition) is 4. The predicted molar refractivity (Wildman–Crippen MR) is 65.9 cm³/mol. The number of carbonyl (C=O) groups excluding carboxylic acids is 1. The number of carboxylic acid groups (broad SMARTS) is 1. The topological polar surface area (TPSA) is 89.6 Å². The third-order valence-corrected chi connectivity index (χ3v) is 1.54. The van der Waals surface area contributed by atoms with Crippen LogP contribution in [-0.4, -0.2) is 24.1 Å². The van der Waals surface area contributed by atoms with Gasteiger partial charge < -0.3 is 15.6 Å². The Morgan fingerprint density at radius 2 is 1.76 bits per heavy atom. The highest BCUT2D eigenvalue weighted by Gasteiger charge is 2.08. The van der Waals surface area contributed by atoms with Crippen LogP contribution in [0.1, 0.15) is 12.0 Å². The van der Waals surface area contributed by atoms with Crippen molar-refractivity contribution in [1.82, 2.24) is 0 Å². The minimum absolute atomic E-state index is 0. The summed E-state index contributed by atoms with van der Waals surface area (Å²) in [4.78, 5) is 20.9. The molecule has 5 nitrogen and oxygen atoms in total. The summed E-state index contributed by atoms with van der Waals surface area (Å²) in [5.41, 5.74) is 5.34. The maximum atomic E-state index is 10.8. The highest BCUT2D eigenvalue weighted by Crippen LogP contribution is 2.01. The van der Waals surface area contributed by atoms with Crippen LogP contribution in [0.3, 0.4) is 0 Å². The van der Waals surface area contributed by atoms with Crippen LogP contribution < -0.4 is 5.73 Å². The molecule has 1 rings (SSSR count). The summed E-state index contributed by atoms with van der Waals surface area (Å²) >= 11 is 0. The molecule has 17 heavy (non-hydrogen) atoms. The predicted octanol–water partition coefficient (Wildman–Crippen LogP) is 1.20. The maximum absolute atomic E-state index is 10.8. The van der Waals surface area contributed by atoms with E-state index in [2.05, 4.69) is 5.73 Å². The van der Waals surface area contributed by atoms with Crippen molar-refractivity contribution in [3.8, 4) is 0 Å². The van der Waals surface area contributed by atoms with E-state index in [9.17, 15) is 9.59 Å². The largest absolute Gasteiger partial charge is 0.481 e. The molecule has 0 saturated heterocycles. The molecule has 0 unspecified atom stereocenters. The average molecular weight is 262 g/mol. The average Bonchev–Trinajstić information content (AvgIpc) is 2.30. The van der Waals surface area contributed by atoms with Crippen LogP contribution >= 0.6 is 12.4 Å². The Balaban J connectivity index is 0. The first-order chi connectivity index (χ1) is 7.68. The van der Waals surface area contributed by atoms with Crippen LogP contribution in [0, 0.1) is 0 Å². The lowest BCUT2D eigenvalue weighted by Gasteiger charge is -2.02. The molecule has 0 atom stereocenters. The maximum Gasteiger partial charge on any atom is 0.317 e. The zero-order valence-corrected chi connectivity index (χ0v) is 10.3. The fourth-order valence-corrected chi connectivity index (χ4v) is 0.913. The smallest absolute Gasteiger partial charge is 0.317 e. The fraction of sp³-hybridized carbons (Fsp3) is 0.273. The Morgan fingerprint density at radius 1 is 1.24 bits per heavy atom. The summed E-state index contributed by atoms with van der Waals surface area (Å²) in [7, 11) is 1.50. The number of ether oxygens (including phenoxy) is 1. The molecule has 0 aliphatic heterocycles. The van der Waals surface area contributed by atoms with Crippen molar-refractivity contribution in [2.75, 3.05) is 7.05 Å². The van der Waals surface area contributed by atoms with Crippen molar-refractivity contribution in [3.05, 3.63) is 35.9 Å². The number of hydrogen-bond donors (Lipinski definition) is 2. The number of aliphatic carboxylic acids is 1. The van der Waals surface area contributed by atoms with E-state index in [4.69, 9.17) is 9.84 Å². The Labute approximate surface area is 106 Å². The molecule has 0 bridgehead atoms. The lowest BCUT2D eigenvalue weighted by Crippen LogP contribution is -2.10. The zero-order chi connectivity index (χ0) is 12.4. The van der Waals surface area contributed by atoms with Gasteiger partial charge in [-0.3, -0.25) is 9.59 Å². The van der Waals surface area contributed by atoms with Gasteiger partial charge in [0.15, 0.2) is 0 Å². The highest BCUT2D eigenvalue weighted by atomic mass is 35.5. The van der Waals surface area contributed by atoms with Gasteiger partial charge in [0.25, 0.3) is 0 Å². The SMILES string of the molecule is CN.Cl.O=C(O)CC(=O)OCc1ccccc1. The second kappa shape index (κ2) is 10.9. The molecule has 0 saturated carbocycles. The van der Waals surface area contributed by atoms with Gasteiger partial charge in [-0.1, -0.05) is 30.3 Å². The molecule has 0 aromatic heterocycles. The van der Waals surface area contributed by atoms with E-state index in [1.165, 1.54) is 7.05 Å². The van der Waals surface area contributed by atoms with Crippen LogP contribution in [0.2, 0.25) is 0 Å². The first-order valence-electron chi connectivity index (χ1n) is 4.67. The van der Waals surface area contributed by atoms with Gasteiger partial charge in [0.2, 0.25) is 0 Å². The van der Waals surface area contributed by atoms with Gasteiger partial charge in [0, 0.05) is 0 Å². The minimum Gasteiger partial charge on any atom is -0.481 e. The molecule has 0 spiro atoms. The number of nitrogens with two attached hydrogens (primary N) is 1. The summed E-state index contributed by atoms with van der Waals surface area (Å²) in [5.74, 6) is -1.90. The van der Waals surface area contributed by atoms with E-state index in [-0.39, 0.29) is 19.0 Å². The van der Waals surface area contributed by atoms with E-state index in [0.717, 1.165) is 5.56 Å². The Morgan fingerprint density at radius 3 is 2.24 bits per heavy atom. The zero-order valence-electron chi connectivity index (χ0n) is 9.46. The number of esters is 1. The molecule has 0 fully saturated rings. The Hall–Kier alpha value is -1.59. The summed E-state index contributed by atoms with van der Waals surface area (Å²) < 4.78 is 4.72. The molecule has 0 radical (unpaired) electrons. The van der Waals surface area contributed by atoms with Gasteiger partial charge in [-0.05, 0) is 12.6 Å². The summed E-state index contributed by atoms with van der Waals surface area (Å²) in [5, 5.41) is 8.28. The third kappa shape index (κ3) is 9.35. The monoisotopic (exact) mass is 261 g/mol. The second-order valence-corrected chi connectivity index (χ2v) is 2.72. The molecule has 0 amide bonds. The quantitative estimate of drug-likeness (QED) is 0.628. The van der Waals surface area contributed by atoms with Crippen molar-refractivity contribution < 1.29 is 19.4 Å². The number of carbonyl (C=O) groups is 2. The lowest BCUT2D eigenvalue weighted by atomic mass is 10.2. The van der Waals surface area contributed by atoms with Crippen molar-refractivity contribution in [2.24, 2.45) is 5.73 Å². The van der Waals surface area contributed by atoms with E-state index in [0.29, 0.717) is 0 Å². The molecule has 1 aromatic carbocycles. The molecular weight excluding hydrogens is 246 g/mol. The van der Waals surface area contributed by atoms with Crippen molar-refractivity contribution in [1.29, 1.82) is 0 Å². The fourth-order valence-electron chi connectivity index (χ4n) is 0.913. The number of carboxylic acids is 1. The molecule has 96 valence electrons. The van der Waals surface area contributed by atoms with Gasteiger partial charge in [0.05, 0.1) is 0 Å². The molecule has 1 aromatic rings. The molecule has 0 aliphatic rings. The standard InChI is InChI=1S/C10H10O4.CH5N.ClH/c11-9(12)6-10(13)14-7-8-4-2-1-3-5-8;1-2;/h1-5H,6-7H2,(H,11,12);2H2,1H3;1H. The van der Waals surface area contributed by atoms with Crippen molar-refractivity contribution in [2.45, 2.75) is 13.0 Å². The third-order valence-electron chi connectivity index (χ3n) is 1.54. The Kier molecular flexibility index (Phi) is 11.4. The van der Waals surface area contributed by atoms with E-state index in [1.807, 2.05) is 18.2 Å². The molecule has 3 N–H and O–H groups in total. The molecule has 0 aliphatic carbocycles. The Bertz CT molecular complexity index is 330. The number of rotatable bonds is 4. The normalized spacial score (nSPS) is 8.12. The lowest BCUT2D eigenvalue weighted by molar-refractivity contribution is -0.152. The van der Waals surface area contributed by atoms with Crippen LogP contribution in [-0.2, 0) is 20.9 Å². The van der Waals surface area contributed by atoms with Crippen molar-refractivity contribution in [3.63, 3.8) is 0 Å². The van der Waals surface area contributed by atoms with E-state index >= 15 is 0 Å². The molecule has 0 heterocycles. The number of halogens is 1. The van der Waals surface area contributed by atoms with Crippen molar-refractivity contribution >= 4 is 24.3 Å². The van der Waals surface area contributed by atoms with Crippen LogP contribution in [0.4, 0.5) is 0 Å². The highest BCUT2D eigenvalue weighted by molar-refractivity contribution is 5.90. The summed E-state index contributed by atoms with van der Waals surface area (Å²) in [6.07, 6.45) is -0.590. The van der Waals surface area contributed by atoms with Crippen LogP contribution in [0.25, 0.3) is 0 Å². The number of benzene rings is 1. The first kappa shape index (κ1) is 17.8. The van der Waals surface area contributed by atoms with Crippen LogP contribution in [0.15, 0.2) is 30.3 Å². The van der Waals surface area contributed by atoms with Gasteiger partial charge in [-0.2, -0.15) is 0 Å². The van der Waals surface area contributed by atoms with Crippen LogP contribution in [0.5, 0.6) is 0 Å². The van der Waals surface area contributed by atoms with E-state index in [1.54, 1.807) is 12.1 Å². The molecule has 6 heteroatoms. The first-order valence-corrected chi connectivity index (χ1v) is 4.67. The van der Waals surface area contributed by atoms with E-state index < -0.39 is 18.4 Å². The van der Waals surface area contributed by atoms with Gasteiger partial charge in [-0.15, -0.1) is 12.4 Å². The van der Waals surface area contributed by atoms with Gasteiger partial charge in [0.1, 0.15) is 13.0 Å². The van der Waals surface area contributed by atoms with Gasteiger partial charge in [-0.25, -0.2) is 0 Å². The molecular formula is C11H16ClNO4. The minimum atomic E-state index is -1.18. The summed E-state index contributed by atoms with van der Waals surface area (Å²) in [6.45, 7) is 0.118. The summed E-state index contributed by atoms with van der Waals surface area (Å²) in [6, 6.07) is 9.09. The van der Waals surface area contributed by atoms with Gasteiger partial charge >= 0.3 is 11.9 Å². The second-order valence-electron chi connectivity index (χ2n) is 2.72.